The fourth-order valence-corrected chi connectivity index (χ4v) is 4.32. The van der Waals surface area contributed by atoms with Crippen LogP contribution in [0.1, 0.15) is 54.2 Å². The number of nitrogens with zero attached hydrogens (tertiary/aromatic N) is 4. The van der Waals surface area contributed by atoms with Crippen molar-refractivity contribution < 1.29 is 4.74 Å². The van der Waals surface area contributed by atoms with Gasteiger partial charge in [-0.1, -0.05) is 36.4 Å². The number of likely N-dealkylation sites (tertiary alicyclic amines) is 1. The number of imidazole rings is 1. The average Bonchev–Trinajstić information content (AvgIpc) is 2.94. The summed E-state index contributed by atoms with van der Waals surface area (Å²) < 4.78 is 8.77. The lowest BCUT2D eigenvalue weighted by molar-refractivity contribution is -0.0276. The number of nitriles is 1. The van der Waals surface area contributed by atoms with E-state index in [-0.39, 0.29) is 12.2 Å². The van der Waals surface area contributed by atoms with Gasteiger partial charge in [-0.25, -0.2) is 4.98 Å². The Morgan fingerprint density at radius 1 is 1.29 bits per heavy atom. The zero-order chi connectivity index (χ0) is 19.7. The number of allylic oxidation sites excluding steroid dienone is 1. The maximum Gasteiger partial charge on any atom is 0.144 e. The van der Waals surface area contributed by atoms with Crippen molar-refractivity contribution in [2.45, 2.75) is 51.4 Å². The molecule has 146 valence electrons. The van der Waals surface area contributed by atoms with Gasteiger partial charge in [0.25, 0.3) is 0 Å². The molecule has 0 spiro atoms. The second kappa shape index (κ2) is 7.90. The molecular formula is C23H28N4O. The predicted octanol–water partition coefficient (Wildman–Crippen LogP) is 3.63. The van der Waals surface area contributed by atoms with Crippen LogP contribution in [0.4, 0.5) is 0 Å². The summed E-state index contributed by atoms with van der Waals surface area (Å²) in [4.78, 5) is 7.27. The van der Waals surface area contributed by atoms with Crippen molar-refractivity contribution in [2.24, 2.45) is 0 Å². The highest BCUT2D eigenvalue weighted by molar-refractivity contribution is 5.39. The molecule has 0 bridgehead atoms. The normalized spacial score (nSPS) is 20.1. The van der Waals surface area contributed by atoms with Crippen LogP contribution in [0.15, 0.2) is 36.4 Å². The number of hydrogen-bond donors (Lipinski definition) is 0. The molecule has 0 amide bonds. The van der Waals surface area contributed by atoms with E-state index in [9.17, 15) is 5.26 Å². The molecule has 2 aromatic rings. The molecule has 5 nitrogen and oxygen atoms in total. The number of aryl methyl sites for hydroxylation is 1. The molecule has 1 aromatic carbocycles. The van der Waals surface area contributed by atoms with Crippen molar-refractivity contribution in [3.8, 4) is 6.07 Å². The Hall–Kier alpha value is -2.42. The van der Waals surface area contributed by atoms with Gasteiger partial charge in [-0.2, -0.15) is 5.26 Å². The average molecular weight is 377 g/mol. The molecule has 1 atom stereocenters. The molecule has 5 heteroatoms. The lowest BCUT2D eigenvalue weighted by Gasteiger charge is -2.32. The van der Waals surface area contributed by atoms with E-state index in [0.717, 1.165) is 56.0 Å². The molecule has 4 rings (SSSR count). The minimum atomic E-state index is -0.224. The van der Waals surface area contributed by atoms with Crippen LogP contribution in [0.5, 0.6) is 0 Å². The highest BCUT2D eigenvalue weighted by Crippen LogP contribution is 2.35. The molecule has 1 unspecified atom stereocenters. The number of fused-ring (bicyclic) bond motifs is 2. The summed E-state index contributed by atoms with van der Waals surface area (Å²) >= 11 is 0. The van der Waals surface area contributed by atoms with Gasteiger partial charge < -0.3 is 14.2 Å². The number of aromatic nitrogens is 2. The first-order chi connectivity index (χ1) is 13.6. The summed E-state index contributed by atoms with van der Waals surface area (Å²) in [5.41, 5.74) is 4.97. The van der Waals surface area contributed by atoms with Crippen molar-refractivity contribution >= 4 is 0 Å². The molecule has 1 saturated heterocycles. The molecule has 1 aromatic heterocycles. The maximum absolute atomic E-state index is 9.84. The van der Waals surface area contributed by atoms with E-state index in [1.807, 2.05) is 6.92 Å². The van der Waals surface area contributed by atoms with Crippen LogP contribution >= 0.6 is 0 Å². The molecule has 2 aliphatic rings. The van der Waals surface area contributed by atoms with Gasteiger partial charge in [0, 0.05) is 26.1 Å². The molecule has 3 heterocycles. The zero-order valence-electron chi connectivity index (χ0n) is 16.8. The number of hydrogen-bond acceptors (Lipinski definition) is 4. The topological polar surface area (TPSA) is 54.1 Å². The second-order valence-corrected chi connectivity index (χ2v) is 8.13. The summed E-state index contributed by atoms with van der Waals surface area (Å²) in [5, 5.41) is 9.84. The van der Waals surface area contributed by atoms with Crippen molar-refractivity contribution in [3.63, 3.8) is 0 Å². The molecule has 0 radical (unpaired) electrons. The highest BCUT2D eigenvalue weighted by atomic mass is 16.5. The summed E-state index contributed by atoms with van der Waals surface area (Å²) in [5.74, 6) is 0.872. The number of benzene rings is 1. The molecule has 0 aliphatic carbocycles. The van der Waals surface area contributed by atoms with Crippen LogP contribution < -0.4 is 0 Å². The minimum absolute atomic E-state index is 0.215. The van der Waals surface area contributed by atoms with E-state index in [0.29, 0.717) is 12.1 Å². The van der Waals surface area contributed by atoms with Crippen molar-refractivity contribution in [1.29, 1.82) is 5.26 Å². The van der Waals surface area contributed by atoms with Crippen molar-refractivity contribution in [3.05, 3.63) is 64.8 Å². The summed E-state index contributed by atoms with van der Waals surface area (Å²) in [6.07, 6.45) is 3.56. The van der Waals surface area contributed by atoms with Crippen molar-refractivity contribution in [2.75, 3.05) is 20.1 Å². The third-order valence-corrected chi connectivity index (χ3v) is 5.82. The lowest BCUT2D eigenvalue weighted by Crippen LogP contribution is -2.35. The van der Waals surface area contributed by atoms with Crippen molar-refractivity contribution in [1.82, 2.24) is 14.5 Å². The standard InChI is InChI=1S/C23H28N4O/c1-16(2)14-20-21(15-24)27-13-8-17-6-4-5-7-19(17)22(23(27)25-20)28-18-9-11-26(3)12-10-18/h4-7,18,22H,1,8-14H2,2-3H3. The van der Waals surface area contributed by atoms with Gasteiger partial charge in [0.05, 0.1) is 11.8 Å². The third kappa shape index (κ3) is 3.63. The van der Waals surface area contributed by atoms with E-state index in [1.165, 1.54) is 11.1 Å². The first-order valence-electron chi connectivity index (χ1n) is 10.1. The molecule has 1 fully saturated rings. The summed E-state index contributed by atoms with van der Waals surface area (Å²) in [6, 6.07) is 10.9. The van der Waals surface area contributed by atoms with Crippen LogP contribution in [0.2, 0.25) is 0 Å². The molecule has 0 N–H and O–H groups in total. The SMILES string of the molecule is C=C(C)Cc1nc2n(c1C#N)CCc1ccccc1C2OC1CCN(C)CC1. The summed E-state index contributed by atoms with van der Waals surface area (Å²) in [6.45, 7) is 8.85. The first kappa shape index (κ1) is 18.9. The van der Waals surface area contributed by atoms with Crippen LogP contribution in [0.25, 0.3) is 0 Å². The number of piperidine rings is 1. The Balaban J connectivity index is 1.76. The van der Waals surface area contributed by atoms with Gasteiger partial charge in [-0.15, -0.1) is 0 Å². The quantitative estimate of drug-likeness (QED) is 0.765. The van der Waals surface area contributed by atoms with E-state index in [1.54, 1.807) is 0 Å². The molecule has 2 aliphatic heterocycles. The summed E-state index contributed by atoms with van der Waals surface area (Å²) in [7, 11) is 2.16. The Bertz CT molecular complexity index is 915. The van der Waals surface area contributed by atoms with E-state index in [2.05, 4.69) is 53.4 Å². The van der Waals surface area contributed by atoms with Crippen LogP contribution in [0.3, 0.4) is 0 Å². The van der Waals surface area contributed by atoms with Gasteiger partial charge in [0.1, 0.15) is 23.7 Å². The van der Waals surface area contributed by atoms with Crippen LogP contribution in [-0.4, -0.2) is 40.7 Å². The minimum Gasteiger partial charge on any atom is -0.362 e. The fraction of sp³-hybridized carbons (Fsp3) is 0.478. The third-order valence-electron chi connectivity index (χ3n) is 5.82. The maximum atomic E-state index is 9.84. The number of rotatable bonds is 4. The van der Waals surface area contributed by atoms with Crippen LogP contribution in [-0.2, 0) is 24.1 Å². The monoisotopic (exact) mass is 376 g/mol. The van der Waals surface area contributed by atoms with Gasteiger partial charge in [0.2, 0.25) is 0 Å². The van der Waals surface area contributed by atoms with E-state index < -0.39 is 0 Å². The lowest BCUT2D eigenvalue weighted by atomic mass is 10.00. The fourth-order valence-electron chi connectivity index (χ4n) is 4.32. The van der Waals surface area contributed by atoms with E-state index >= 15 is 0 Å². The smallest absolute Gasteiger partial charge is 0.144 e. The first-order valence-corrected chi connectivity index (χ1v) is 10.1. The molecular weight excluding hydrogens is 348 g/mol. The molecule has 28 heavy (non-hydrogen) atoms. The Labute approximate surface area is 167 Å². The number of ether oxygens (including phenoxy) is 1. The largest absolute Gasteiger partial charge is 0.362 e. The second-order valence-electron chi connectivity index (χ2n) is 8.13. The van der Waals surface area contributed by atoms with Gasteiger partial charge in [-0.05, 0) is 44.4 Å². The van der Waals surface area contributed by atoms with Crippen LogP contribution in [0, 0.1) is 11.3 Å². The zero-order valence-corrected chi connectivity index (χ0v) is 16.8. The Morgan fingerprint density at radius 2 is 2.04 bits per heavy atom. The van der Waals surface area contributed by atoms with E-state index in [4.69, 9.17) is 9.72 Å². The Morgan fingerprint density at radius 3 is 2.75 bits per heavy atom. The van der Waals surface area contributed by atoms with Gasteiger partial charge in [-0.3, -0.25) is 0 Å². The van der Waals surface area contributed by atoms with Gasteiger partial charge >= 0.3 is 0 Å². The van der Waals surface area contributed by atoms with Gasteiger partial charge in [0.15, 0.2) is 0 Å². The molecule has 0 saturated carbocycles. The predicted molar refractivity (Wildman–Crippen MR) is 109 cm³/mol. The highest BCUT2D eigenvalue weighted by Gasteiger charge is 2.32. The Kier molecular flexibility index (Phi) is 5.34.